The van der Waals surface area contributed by atoms with E-state index >= 15 is 0 Å². The quantitative estimate of drug-likeness (QED) is 0.787. The molecule has 0 saturated carbocycles. The van der Waals surface area contributed by atoms with Gasteiger partial charge in [-0.1, -0.05) is 37.0 Å². The molecule has 0 fully saturated rings. The fourth-order valence-corrected chi connectivity index (χ4v) is 2.00. The van der Waals surface area contributed by atoms with Crippen LogP contribution in [-0.2, 0) is 0 Å². The van der Waals surface area contributed by atoms with Crippen molar-refractivity contribution in [1.29, 1.82) is 5.26 Å². The highest BCUT2D eigenvalue weighted by atomic mass is 35.5. The smallest absolute Gasteiger partial charge is 0.140 e. The van der Waals surface area contributed by atoms with E-state index in [9.17, 15) is 0 Å². The van der Waals surface area contributed by atoms with Crippen molar-refractivity contribution in [2.24, 2.45) is 0 Å². The molecule has 0 N–H and O–H groups in total. The maximum atomic E-state index is 8.71. The number of methoxy groups -OCH3 is 1. The van der Waals surface area contributed by atoms with Gasteiger partial charge in [0.15, 0.2) is 0 Å². The number of benzene rings is 1. The fourth-order valence-electron chi connectivity index (χ4n) is 1.58. The van der Waals surface area contributed by atoms with Crippen LogP contribution in [0.1, 0.15) is 19.5 Å². The summed E-state index contributed by atoms with van der Waals surface area (Å²) in [7, 11) is 1.56. The normalized spacial score (nSPS) is 9.20. The average molecular weight is 309 g/mol. The monoisotopic (exact) mass is 308 g/mol. The van der Waals surface area contributed by atoms with Crippen LogP contribution in [0.25, 0.3) is 11.1 Å². The molecule has 1 heterocycles. The third kappa shape index (κ3) is 3.41. The highest BCUT2D eigenvalue weighted by Gasteiger charge is 2.13. The minimum Gasteiger partial charge on any atom is -0.496 e. The van der Waals surface area contributed by atoms with Gasteiger partial charge >= 0.3 is 0 Å². The van der Waals surface area contributed by atoms with Crippen molar-refractivity contribution in [2.75, 3.05) is 7.11 Å². The molecule has 5 heteroatoms. The molecule has 1 aromatic carbocycles. The van der Waals surface area contributed by atoms with Crippen LogP contribution in [0.3, 0.4) is 0 Å². The van der Waals surface area contributed by atoms with Gasteiger partial charge in [-0.15, -0.1) is 0 Å². The lowest BCUT2D eigenvalue weighted by Crippen LogP contribution is -1.91. The SMILES string of the molecule is CC.COc1ccc(Cl)c(Cl)c1-c1ccc(C#N)nc1. The van der Waals surface area contributed by atoms with E-state index in [4.69, 9.17) is 33.2 Å². The van der Waals surface area contributed by atoms with Crippen LogP contribution in [0, 0.1) is 11.3 Å². The molecule has 1 aromatic heterocycles. The molecule has 0 aliphatic rings. The van der Waals surface area contributed by atoms with Gasteiger partial charge in [-0.2, -0.15) is 5.26 Å². The molecule has 0 saturated heterocycles. The Labute approximate surface area is 128 Å². The summed E-state index contributed by atoms with van der Waals surface area (Å²) in [5, 5.41) is 9.56. The van der Waals surface area contributed by atoms with Gasteiger partial charge in [-0.25, -0.2) is 4.98 Å². The fraction of sp³-hybridized carbons (Fsp3) is 0.200. The molecule has 0 radical (unpaired) electrons. The van der Waals surface area contributed by atoms with Crippen LogP contribution in [0.2, 0.25) is 10.0 Å². The minimum absolute atomic E-state index is 0.343. The van der Waals surface area contributed by atoms with Crippen LogP contribution in [-0.4, -0.2) is 12.1 Å². The summed E-state index contributed by atoms with van der Waals surface area (Å²) in [4.78, 5) is 4.00. The van der Waals surface area contributed by atoms with Gasteiger partial charge in [0.2, 0.25) is 0 Å². The van der Waals surface area contributed by atoms with Crippen molar-refractivity contribution in [3.8, 4) is 22.9 Å². The van der Waals surface area contributed by atoms with Crippen molar-refractivity contribution < 1.29 is 4.74 Å². The average Bonchev–Trinajstić information content (AvgIpc) is 2.52. The van der Waals surface area contributed by atoms with E-state index in [1.807, 2.05) is 19.9 Å². The van der Waals surface area contributed by atoms with Gasteiger partial charge in [0.05, 0.1) is 17.2 Å². The lowest BCUT2D eigenvalue weighted by atomic mass is 10.1. The van der Waals surface area contributed by atoms with Gasteiger partial charge in [0.25, 0.3) is 0 Å². The molecule has 0 spiro atoms. The Morgan fingerprint density at radius 1 is 1.15 bits per heavy atom. The van der Waals surface area contributed by atoms with E-state index in [2.05, 4.69) is 4.98 Å². The van der Waals surface area contributed by atoms with Gasteiger partial charge < -0.3 is 4.74 Å². The predicted octanol–water partition coefficient (Wildman–Crippen LogP) is 4.96. The summed E-state index contributed by atoms with van der Waals surface area (Å²) in [6, 6.07) is 8.74. The number of rotatable bonds is 2. The molecule has 0 amide bonds. The molecule has 0 aliphatic carbocycles. The highest BCUT2D eigenvalue weighted by Crippen LogP contribution is 2.40. The summed E-state index contributed by atoms with van der Waals surface area (Å²) in [5.74, 6) is 0.607. The lowest BCUT2D eigenvalue weighted by molar-refractivity contribution is 0.416. The van der Waals surface area contributed by atoms with E-state index in [0.717, 1.165) is 5.56 Å². The standard InChI is InChI=1S/C13H8Cl2N2O.C2H6/c1-18-11-5-4-10(14)13(15)12(11)8-2-3-9(6-16)17-7-8;1-2/h2-5,7H,1H3;1-2H3. The molecule has 0 atom stereocenters. The first-order valence-electron chi connectivity index (χ1n) is 6.06. The minimum atomic E-state index is 0.343. The second-order valence-electron chi connectivity index (χ2n) is 3.48. The Balaban J connectivity index is 0.000000956. The second kappa shape index (κ2) is 7.74. The summed E-state index contributed by atoms with van der Waals surface area (Å²) < 4.78 is 5.26. The molecule has 2 rings (SSSR count). The van der Waals surface area contributed by atoms with Crippen molar-refractivity contribution in [3.05, 3.63) is 46.2 Å². The van der Waals surface area contributed by atoms with Crippen LogP contribution in [0.15, 0.2) is 30.5 Å². The van der Waals surface area contributed by atoms with E-state index in [-0.39, 0.29) is 0 Å². The first kappa shape index (κ1) is 16.3. The van der Waals surface area contributed by atoms with Crippen LogP contribution in [0.4, 0.5) is 0 Å². The van der Waals surface area contributed by atoms with Crippen molar-refractivity contribution >= 4 is 23.2 Å². The number of nitriles is 1. The van der Waals surface area contributed by atoms with Gasteiger partial charge in [-0.05, 0) is 24.3 Å². The lowest BCUT2D eigenvalue weighted by Gasteiger charge is -2.11. The molecule has 2 aromatic rings. The van der Waals surface area contributed by atoms with Crippen molar-refractivity contribution in [2.45, 2.75) is 13.8 Å². The Bertz CT molecular complexity index is 619. The largest absolute Gasteiger partial charge is 0.496 e. The topological polar surface area (TPSA) is 45.9 Å². The third-order valence-electron chi connectivity index (χ3n) is 2.44. The number of nitrogens with zero attached hydrogens (tertiary/aromatic N) is 2. The zero-order valence-electron chi connectivity index (χ0n) is 11.4. The summed E-state index contributed by atoms with van der Waals surface area (Å²) >= 11 is 12.2. The Morgan fingerprint density at radius 3 is 2.35 bits per heavy atom. The number of pyridine rings is 1. The second-order valence-corrected chi connectivity index (χ2v) is 4.27. The summed E-state index contributed by atoms with van der Waals surface area (Å²) in [6.07, 6.45) is 1.57. The molecule has 20 heavy (non-hydrogen) atoms. The van der Waals surface area contributed by atoms with Crippen molar-refractivity contribution in [3.63, 3.8) is 0 Å². The first-order chi connectivity index (χ1) is 9.67. The number of ether oxygens (including phenoxy) is 1. The predicted molar refractivity (Wildman–Crippen MR) is 82.3 cm³/mol. The van der Waals surface area contributed by atoms with Crippen molar-refractivity contribution in [1.82, 2.24) is 4.98 Å². The Kier molecular flexibility index (Phi) is 6.30. The first-order valence-corrected chi connectivity index (χ1v) is 6.81. The molecule has 104 valence electrons. The maximum absolute atomic E-state index is 8.71. The number of halogens is 2. The maximum Gasteiger partial charge on any atom is 0.140 e. The summed E-state index contributed by atoms with van der Waals surface area (Å²) in [6.45, 7) is 4.00. The van der Waals surface area contributed by atoms with Crippen LogP contribution < -0.4 is 4.74 Å². The van der Waals surface area contributed by atoms with Gasteiger partial charge in [0.1, 0.15) is 17.5 Å². The zero-order valence-corrected chi connectivity index (χ0v) is 13.0. The highest BCUT2D eigenvalue weighted by molar-refractivity contribution is 6.44. The third-order valence-corrected chi connectivity index (χ3v) is 3.25. The number of hydrogen-bond acceptors (Lipinski definition) is 3. The molecular formula is C15H14Cl2N2O. The zero-order chi connectivity index (χ0) is 15.1. The van der Waals surface area contributed by atoms with Gasteiger partial charge in [-0.3, -0.25) is 0 Å². The van der Waals surface area contributed by atoms with E-state index in [1.165, 1.54) is 0 Å². The van der Waals surface area contributed by atoms with Crippen LogP contribution in [0.5, 0.6) is 5.75 Å². The summed E-state index contributed by atoms with van der Waals surface area (Å²) in [5.41, 5.74) is 1.76. The van der Waals surface area contributed by atoms with E-state index in [0.29, 0.717) is 27.1 Å². The molecular weight excluding hydrogens is 295 g/mol. The van der Waals surface area contributed by atoms with E-state index in [1.54, 1.807) is 37.6 Å². The van der Waals surface area contributed by atoms with Gasteiger partial charge in [0, 0.05) is 17.3 Å². The molecule has 0 unspecified atom stereocenters. The van der Waals surface area contributed by atoms with Crippen LogP contribution >= 0.6 is 23.2 Å². The number of aromatic nitrogens is 1. The Hall–Kier alpha value is -1.76. The van der Waals surface area contributed by atoms with E-state index < -0.39 is 0 Å². The number of hydrogen-bond donors (Lipinski definition) is 0. The molecule has 0 aliphatic heterocycles. The Morgan fingerprint density at radius 2 is 1.85 bits per heavy atom. The molecule has 3 nitrogen and oxygen atoms in total. The molecule has 0 bridgehead atoms.